The highest BCUT2D eigenvalue weighted by Crippen LogP contribution is 2.23. The maximum Gasteiger partial charge on any atom is 0.158 e. The van der Waals surface area contributed by atoms with Crippen molar-refractivity contribution in [2.24, 2.45) is 0 Å². The average Bonchev–Trinajstić information content (AvgIpc) is 2.93. The van der Waals surface area contributed by atoms with Crippen molar-refractivity contribution in [3.63, 3.8) is 0 Å². The van der Waals surface area contributed by atoms with Gasteiger partial charge in [-0.1, -0.05) is 0 Å². The van der Waals surface area contributed by atoms with Gasteiger partial charge in [0.25, 0.3) is 0 Å². The molecule has 1 aliphatic rings. The maximum absolute atomic E-state index is 4.40. The normalized spacial score (nSPS) is 20.1. The molecule has 2 aromatic heterocycles. The van der Waals surface area contributed by atoms with E-state index in [9.17, 15) is 0 Å². The van der Waals surface area contributed by atoms with Gasteiger partial charge in [-0.05, 0) is 32.3 Å². The molecule has 0 radical (unpaired) electrons. The van der Waals surface area contributed by atoms with Crippen LogP contribution in [0, 0.1) is 0 Å². The summed E-state index contributed by atoms with van der Waals surface area (Å²) in [6.07, 6.45) is 9.06. The van der Waals surface area contributed by atoms with Crippen molar-refractivity contribution in [2.45, 2.75) is 32.2 Å². The van der Waals surface area contributed by atoms with Crippen LogP contribution in [0.15, 0.2) is 30.9 Å². The minimum atomic E-state index is 0.555. The third kappa shape index (κ3) is 2.08. The molecule has 1 saturated heterocycles. The van der Waals surface area contributed by atoms with Crippen LogP contribution in [0.2, 0.25) is 0 Å². The molecule has 2 aromatic rings. The van der Waals surface area contributed by atoms with Crippen LogP contribution in [0.1, 0.15) is 26.2 Å². The predicted molar refractivity (Wildman–Crippen MR) is 69.8 cm³/mol. The second kappa shape index (κ2) is 4.76. The molecule has 0 N–H and O–H groups in total. The van der Waals surface area contributed by atoms with Crippen molar-refractivity contribution in [3.8, 4) is 5.82 Å². The van der Waals surface area contributed by atoms with E-state index in [1.54, 1.807) is 17.2 Å². The van der Waals surface area contributed by atoms with Gasteiger partial charge in [0.15, 0.2) is 5.82 Å². The number of hydrogen-bond acceptors (Lipinski definition) is 4. The van der Waals surface area contributed by atoms with Gasteiger partial charge in [0.1, 0.15) is 12.1 Å². The van der Waals surface area contributed by atoms with Crippen molar-refractivity contribution in [3.05, 3.63) is 30.9 Å². The molecule has 1 unspecified atom stereocenters. The zero-order chi connectivity index (χ0) is 12.4. The minimum Gasteiger partial charge on any atom is -0.354 e. The zero-order valence-electron chi connectivity index (χ0n) is 10.5. The van der Waals surface area contributed by atoms with Crippen LogP contribution in [-0.2, 0) is 0 Å². The Bertz CT molecular complexity index is 508. The molecule has 94 valence electrons. The first kappa shape index (κ1) is 11.2. The standard InChI is InChI=1S/C13H17N5/c1-11-5-2-3-7-17(11)12-9-13(15-10-14-12)18-8-4-6-16-18/h4,6,8-11H,2-3,5,7H2,1H3. The van der Waals surface area contributed by atoms with E-state index >= 15 is 0 Å². The highest BCUT2D eigenvalue weighted by atomic mass is 15.3. The number of aromatic nitrogens is 4. The molecule has 1 atom stereocenters. The lowest BCUT2D eigenvalue weighted by Crippen LogP contribution is -2.38. The Morgan fingerprint density at radius 1 is 1.22 bits per heavy atom. The van der Waals surface area contributed by atoms with Crippen molar-refractivity contribution in [1.82, 2.24) is 19.7 Å². The monoisotopic (exact) mass is 243 g/mol. The Balaban J connectivity index is 1.91. The average molecular weight is 243 g/mol. The molecular weight excluding hydrogens is 226 g/mol. The smallest absolute Gasteiger partial charge is 0.158 e. The second-order valence-corrected chi connectivity index (χ2v) is 4.72. The molecule has 0 amide bonds. The fourth-order valence-corrected chi connectivity index (χ4v) is 2.46. The summed E-state index contributed by atoms with van der Waals surface area (Å²) in [6.45, 7) is 3.34. The van der Waals surface area contributed by atoms with E-state index in [4.69, 9.17) is 0 Å². The molecule has 0 bridgehead atoms. The Kier molecular flexibility index (Phi) is 2.96. The molecule has 3 rings (SSSR count). The first-order valence-corrected chi connectivity index (χ1v) is 6.43. The molecule has 1 aliphatic heterocycles. The largest absolute Gasteiger partial charge is 0.354 e. The Hall–Kier alpha value is -1.91. The maximum atomic E-state index is 4.40. The van der Waals surface area contributed by atoms with Crippen LogP contribution in [0.3, 0.4) is 0 Å². The lowest BCUT2D eigenvalue weighted by Gasteiger charge is -2.34. The Labute approximate surface area is 106 Å². The summed E-state index contributed by atoms with van der Waals surface area (Å²) in [4.78, 5) is 11.0. The highest BCUT2D eigenvalue weighted by Gasteiger charge is 2.20. The zero-order valence-corrected chi connectivity index (χ0v) is 10.5. The van der Waals surface area contributed by atoms with E-state index in [-0.39, 0.29) is 0 Å². The van der Waals surface area contributed by atoms with Crippen molar-refractivity contribution >= 4 is 5.82 Å². The molecule has 0 saturated carbocycles. The summed E-state index contributed by atoms with van der Waals surface area (Å²) >= 11 is 0. The van der Waals surface area contributed by atoms with E-state index in [1.165, 1.54) is 19.3 Å². The number of rotatable bonds is 2. The SMILES string of the molecule is CC1CCCCN1c1cc(-n2cccn2)ncn1. The molecule has 5 heteroatoms. The first-order valence-electron chi connectivity index (χ1n) is 6.43. The van der Waals surface area contributed by atoms with E-state index < -0.39 is 0 Å². The van der Waals surface area contributed by atoms with E-state index in [2.05, 4.69) is 26.9 Å². The summed E-state index contributed by atoms with van der Waals surface area (Å²) in [6, 6.07) is 4.46. The van der Waals surface area contributed by atoms with E-state index in [0.717, 1.165) is 18.2 Å². The van der Waals surface area contributed by atoms with Gasteiger partial charge >= 0.3 is 0 Å². The molecule has 3 heterocycles. The fourth-order valence-electron chi connectivity index (χ4n) is 2.46. The number of anilines is 1. The number of nitrogens with zero attached hydrogens (tertiary/aromatic N) is 5. The van der Waals surface area contributed by atoms with Gasteiger partial charge < -0.3 is 4.90 Å². The van der Waals surface area contributed by atoms with Gasteiger partial charge in [-0.3, -0.25) is 0 Å². The molecule has 18 heavy (non-hydrogen) atoms. The van der Waals surface area contributed by atoms with Crippen LogP contribution >= 0.6 is 0 Å². The van der Waals surface area contributed by atoms with Crippen LogP contribution in [0.4, 0.5) is 5.82 Å². The van der Waals surface area contributed by atoms with Gasteiger partial charge in [-0.25, -0.2) is 14.6 Å². The topological polar surface area (TPSA) is 46.8 Å². The third-order valence-corrected chi connectivity index (χ3v) is 3.47. The third-order valence-electron chi connectivity index (χ3n) is 3.47. The highest BCUT2D eigenvalue weighted by molar-refractivity contribution is 5.44. The van der Waals surface area contributed by atoms with Crippen LogP contribution in [0.25, 0.3) is 5.82 Å². The number of piperidine rings is 1. The molecule has 1 fully saturated rings. The lowest BCUT2D eigenvalue weighted by molar-refractivity contribution is 0.481. The quantitative estimate of drug-likeness (QED) is 0.809. The second-order valence-electron chi connectivity index (χ2n) is 4.72. The molecule has 0 aliphatic carbocycles. The van der Waals surface area contributed by atoms with E-state index in [0.29, 0.717) is 6.04 Å². The molecular formula is C13H17N5. The van der Waals surface area contributed by atoms with Gasteiger partial charge in [-0.15, -0.1) is 0 Å². The van der Waals surface area contributed by atoms with Crippen molar-refractivity contribution in [1.29, 1.82) is 0 Å². The summed E-state index contributed by atoms with van der Waals surface area (Å²) in [5.41, 5.74) is 0. The fraction of sp³-hybridized carbons (Fsp3) is 0.462. The van der Waals surface area contributed by atoms with Crippen molar-refractivity contribution in [2.75, 3.05) is 11.4 Å². The lowest BCUT2D eigenvalue weighted by atomic mass is 10.0. The summed E-state index contributed by atoms with van der Waals surface area (Å²) < 4.78 is 1.76. The predicted octanol–water partition coefficient (Wildman–Crippen LogP) is 2.04. The van der Waals surface area contributed by atoms with Crippen LogP contribution < -0.4 is 4.90 Å². The first-order chi connectivity index (χ1) is 8.84. The van der Waals surface area contributed by atoms with Gasteiger partial charge in [0, 0.05) is 31.0 Å². The van der Waals surface area contributed by atoms with Gasteiger partial charge in [0.2, 0.25) is 0 Å². The van der Waals surface area contributed by atoms with Gasteiger partial charge in [0.05, 0.1) is 0 Å². The molecule has 5 nitrogen and oxygen atoms in total. The summed E-state index contributed by atoms with van der Waals surface area (Å²) in [5, 5.41) is 4.20. The van der Waals surface area contributed by atoms with Crippen LogP contribution in [0.5, 0.6) is 0 Å². The number of hydrogen-bond donors (Lipinski definition) is 0. The minimum absolute atomic E-state index is 0.555. The van der Waals surface area contributed by atoms with Crippen molar-refractivity contribution < 1.29 is 0 Å². The Morgan fingerprint density at radius 3 is 2.89 bits per heavy atom. The summed E-state index contributed by atoms with van der Waals surface area (Å²) in [7, 11) is 0. The summed E-state index contributed by atoms with van der Waals surface area (Å²) in [5.74, 6) is 1.82. The Morgan fingerprint density at radius 2 is 2.11 bits per heavy atom. The van der Waals surface area contributed by atoms with Gasteiger partial charge in [-0.2, -0.15) is 5.10 Å². The van der Waals surface area contributed by atoms with Crippen LogP contribution in [-0.4, -0.2) is 32.3 Å². The van der Waals surface area contributed by atoms with E-state index in [1.807, 2.05) is 18.3 Å². The molecule has 0 spiro atoms. The molecule has 0 aromatic carbocycles.